The van der Waals surface area contributed by atoms with E-state index in [4.69, 9.17) is 4.74 Å². The number of hydrogen-bond acceptors (Lipinski definition) is 5. The molecule has 2 aromatic carbocycles. The Morgan fingerprint density at radius 1 is 1.00 bits per heavy atom. The van der Waals surface area contributed by atoms with E-state index in [0.29, 0.717) is 25.0 Å². The van der Waals surface area contributed by atoms with Crippen LogP contribution < -0.4 is 5.32 Å². The van der Waals surface area contributed by atoms with Crippen LogP contribution in [0.1, 0.15) is 34.8 Å². The van der Waals surface area contributed by atoms with E-state index in [1.807, 2.05) is 35.7 Å². The van der Waals surface area contributed by atoms with Crippen molar-refractivity contribution in [2.75, 3.05) is 45.9 Å². The van der Waals surface area contributed by atoms with Crippen molar-refractivity contribution >= 4 is 33.2 Å². The number of carbonyl (C=O) groups is 2. The van der Waals surface area contributed by atoms with E-state index in [-0.39, 0.29) is 23.8 Å². The Hall–Kier alpha value is -2.74. The van der Waals surface area contributed by atoms with Gasteiger partial charge in [0.25, 0.3) is 5.91 Å². The number of nitrogens with one attached hydrogen (secondary N) is 1. The van der Waals surface area contributed by atoms with Gasteiger partial charge in [-0.25, -0.2) is 0 Å². The molecule has 3 fully saturated rings. The number of benzene rings is 2. The van der Waals surface area contributed by atoms with Gasteiger partial charge >= 0.3 is 0 Å². The normalized spacial score (nSPS) is 24.8. The first-order chi connectivity index (χ1) is 17.7. The second-order valence-corrected chi connectivity index (χ2v) is 11.4. The Labute approximate surface area is 216 Å². The monoisotopic (exact) mass is 503 g/mol. The Kier molecular flexibility index (Phi) is 6.78. The van der Waals surface area contributed by atoms with Crippen LogP contribution in [0.15, 0.2) is 60.0 Å². The summed E-state index contributed by atoms with van der Waals surface area (Å²) in [7, 11) is 0. The molecule has 0 bridgehead atoms. The molecule has 6 nitrogen and oxygen atoms in total. The second kappa shape index (κ2) is 10.3. The summed E-state index contributed by atoms with van der Waals surface area (Å²) in [6.45, 7) is 5.86. The van der Waals surface area contributed by atoms with Gasteiger partial charge < -0.3 is 19.9 Å². The number of ether oxygens (including phenoxy) is 1. The van der Waals surface area contributed by atoms with Gasteiger partial charge in [0.2, 0.25) is 5.91 Å². The zero-order valence-electron chi connectivity index (χ0n) is 20.5. The predicted molar refractivity (Wildman–Crippen MR) is 142 cm³/mol. The second-order valence-electron chi connectivity index (χ2n) is 10.5. The Balaban J connectivity index is 1.05. The molecule has 7 heteroatoms. The van der Waals surface area contributed by atoms with Gasteiger partial charge in [-0.2, -0.15) is 0 Å². The van der Waals surface area contributed by atoms with Gasteiger partial charge in [-0.05, 0) is 36.3 Å². The van der Waals surface area contributed by atoms with E-state index in [9.17, 15) is 9.59 Å². The molecule has 0 radical (unpaired) electrons. The number of likely N-dealkylation sites (tertiary alicyclic amines) is 2. The first-order valence-corrected chi connectivity index (χ1v) is 13.9. The van der Waals surface area contributed by atoms with Crippen LogP contribution in [0.2, 0.25) is 0 Å². The van der Waals surface area contributed by atoms with Gasteiger partial charge in [-0.3, -0.25) is 9.59 Å². The molecule has 3 aromatic rings. The fourth-order valence-electron chi connectivity index (χ4n) is 6.10. The number of fused-ring (bicyclic) bond motifs is 2. The standard InChI is InChI=1S/C29H33N3O3S/c33-28(21-11-13-35-18-21)30-26(20-6-2-1-3-7-20)10-12-31-14-22-16-32(17-23(22)15-31)29(34)25-19-36-27-9-5-4-8-24(25)27/h1-9,19,21-23,26H,10-18H2,(H,30,33)/t21?,22-,23?,26?/m0/s1. The summed E-state index contributed by atoms with van der Waals surface area (Å²) in [5.74, 6) is 1.30. The molecular formula is C29H33N3O3S. The highest BCUT2D eigenvalue weighted by Crippen LogP contribution is 2.34. The molecule has 2 amide bonds. The fraction of sp³-hybridized carbons (Fsp3) is 0.448. The summed E-state index contributed by atoms with van der Waals surface area (Å²) in [5, 5.41) is 6.39. The Morgan fingerprint density at radius 2 is 1.75 bits per heavy atom. The molecule has 3 aliphatic heterocycles. The topological polar surface area (TPSA) is 61.9 Å². The highest BCUT2D eigenvalue weighted by atomic mass is 32.1. The van der Waals surface area contributed by atoms with Crippen molar-refractivity contribution in [1.82, 2.24) is 15.1 Å². The Morgan fingerprint density at radius 3 is 2.50 bits per heavy atom. The first kappa shape index (κ1) is 23.6. The average molecular weight is 504 g/mol. The molecule has 1 N–H and O–H groups in total. The van der Waals surface area contributed by atoms with E-state index < -0.39 is 0 Å². The van der Waals surface area contributed by atoms with Crippen LogP contribution in [0.3, 0.4) is 0 Å². The highest BCUT2D eigenvalue weighted by molar-refractivity contribution is 7.17. The van der Waals surface area contributed by atoms with Crippen LogP contribution in [0.4, 0.5) is 0 Å². The molecule has 6 rings (SSSR count). The third-order valence-corrected chi connectivity index (χ3v) is 9.08. The minimum Gasteiger partial charge on any atom is -0.381 e. The molecule has 0 aliphatic carbocycles. The summed E-state index contributed by atoms with van der Waals surface area (Å²) in [4.78, 5) is 30.7. The number of nitrogens with zero attached hydrogens (tertiary/aromatic N) is 2. The average Bonchev–Trinajstić information content (AvgIpc) is 3.70. The van der Waals surface area contributed by atoms with Crippen molar-refractivity contribution in [1.29, 1.82) is 0 Å². The molecule has 4 heterocycles. The summed E-state index contributed by atoms with van der Waals surface area (Å²) in [6, 6.07) is 18.5. The SMILES string of the molecule is O=C(NC(CCN1CC2CN(C(=O)c3csc4ccccc34)C[C@@H]2C1)c1ccccc1)C1CCOC1. The van der Waals surface area contributed by atoms with Gasteiger partial charge in [-0.15, -0.1) is 11.3 Å². The molecule has 3 unspecified atom stereocenters. The van der Waals surface area contributed by atoms with E-state index in [1.165, 1.54) is 4.70 Å². The lowest BCUT2D eigenvalue weighted by atomic mass is 10.0. The zero-order valence-corrected chi connectivity index (χ0v) is 21.3. The maximum atomic E-state index is 13.3. The third-order valence-electron chi connectivity index (χ3n) is 8.11. The highest BCUT2D eigenvalue weighted by Gasteiger charge is 2.42. The minimum atomic E-state index is -0.0359. The van der Waals surface area contributed by atoms with E-state index >= 15 is 0 Å². The number of thiophene rings is 1. The van der Waals surface area contributed by atoms with Gasteiger partial charge in [0.1, 0.15) is 0 Å². The van der Waals surface area contributed by atoms with Crippen molar-refractivity contribution in [3.05, 3.63) is 71.1 Å². The molecule has 3 aliphatic rings. The third kappa shape index (κ3) is 4.80. The van der Waals surface area contributed by atoms with Crippen molar-refractivity contribution in [3.63, 3.8) is 0 Å². The molecule has 1 aromatic heterocycles. The maximum Gasteiger partial charge on any atom is 0.255 e. The molecule has 4 atom stereocenters. The first-order valence-electron chi connectivity index (χ1n) is 13.1. The van der Waals surface area contributed by atoms with Crippen molar-refractivity contribution < 1.29 is 14.3 Å². The fourth-order valence-corrected chi connectivity index (χ4v) is 7.04. The number of amides is 2. The maximum absolute atomic E-state index is 13.3. The summed E-state index contributed by atoms with van der Waals surface area (Å²) in [5.41, 5.74) is 2.01. The molecule has 3 saturated heterocycles. The smallest absolute Gasteiger partial charge is 0.255 e. The number of hydrogen-bond donors (Lipinski definition) is 1. The molecule has 0 spiro atoms. The van der Waals surface area contributed by atoms with E-state index in [1.54, 1.807) is 11.3 Å². The van der Waals surface area contributed by atoms with E-state index in [2.05, 4.69) is 39.4 Å². The quantitative estimate of drug-likeness (QED) is 0.525. The summed E-state index contributed by atoms with van der Waals surface area (Å²) >= 11 is 1.65. The summed E-state index contributed by atoms with van der Waals surface area (Å²) < 4.78 is 6.60. The molecule has 0 saturated carbocycles. The predicted octanol–water partition coefficient (Wildman–Crippen LogP) is 4.19. The van der Waals surface area contributed by atoms with E-state index in [0.717, 1.165) is 62.1 Å². The molecule has 188 valence electrons. The van der Waals surface area contributed by atoms with Crippen LogP contribution in [0.25, 0.3) is 10.1 Å². The molecular weight excluding hydrogens is 470 g/mol. The van der Waals surface area contributed by atoms with Crippen LogP contribution in [-0.4, -0.2) is 67.6 Å². The Bertz CT molecular complexity index is 1210. The van der Waals surface area contributed by atoms with Crippen LogP contribution in [-0.2, 0) is 9.53 Å². The van der Waals surface area contributed by atoms with Crippen molar-refractivity contribution in [3.8, 4) is 0 Å². The molecule has 36 heavy (non-hydrogen) atoms. The zero-order chi connectivity index (χ0) is 24.5. The lowest BCUT2D eigenvalue weighted by molar-refractivity contribution is -0.125. The van der Waals surface area contributed by atoms with Gasteiger partial charge in [0, 0.05) is 54.8 Å². The van der Waals surface area contributed by atoms with Gasteiger partial charge in [0.05, 0.1) is 24.1 Å². The number of carbonyl (C=O) groups excluding carboxylic acids is 2. The van der Waals surface area contributed by atoms with Crippen LogP contribution in [0, 0.1) is 17.8 Å². The number of rotatable bonds is 7. The van der Waals surface area contributed by atoms with Crippen LogP contribution in [0.5, 0.6) is 0 Å². The lowest BCUT2D eigenvalue weighted by Crippen LogP contribution is -2.37. The van der Waals surface area contributed by atoms with Crippen molar-refractivity contribution in [2.24, 2.45) is 17.8 Å². The summed E-state index contributed by atoms with van der Waals surface area (Å²) in [6.07, 6.45) is 1.69. The van der Waals surface area contributed by atoms with Crippen molar-refractivity contribution in [2.45, 2.75) is 18.9 Å². The van der Waals surface area contributed by atoms with Gasteiger partial charge in [-0.1, -0.05) is 48.5 Å². The van der Waals surface area contributed by atoms with Crippen LogP contribution >= 0.6 is 11.3 Å². The minimum absolute atomic E-state index is 0.00434. The lowest BCUT2D eigenvalue weighted by Gasteiger charge is -2.25. The van der Waals surface area contributed by atoms with Gasteiger partial charge in [0.15, 0.2) is 0 Å². The largest absolute Gasteiger partial charge is 0.381 e.